The average Bonchev–Trinajstić information content (AvgIpc) is 3.13. The maximum Gasteiger partial charge on any atom is 0.270 e. The van der Waals surface area contributed by atoms with Crippen molar-refractivity contribution in [1.82, 2.24) is 9.97 Å². The number of fused-ring (bicyclic) bond motifs is 1. The summed E-state index contributed by atoms with van der Waals surface area (Å²) in [6.07, 6.45) is 4.38. The Morgan fingerprint density at radius 3 is 2.80 bits per heavy atom. The first-order valence-electron chi connectivity index (χ1n) is 11.2. The number of aliphatic imine (C=N–C) groups is 1. The number of aromatic amines is 1. The van der Waals surface area contributed by atoms with Crippen molar-refractivity contribution in [2.75, 3.05) is 0 Å². The number of hydrogen-bond acceptors (Lipinski definition) is 8. The zero-order valence-corrected chi connectivity index (χ0v) is 21.5. The first kappa shape index (κ1) is 24.8. The van der Waals surface area contributed by atoms with Crippen molar-refractivity contribution in [3.63, 3.8) is 0 Å². The minimum atomic E-state index is -0.463. The van der Waals surface area contributed by atoms with Gasteiger partial charge in [-0.1, -0.05) is 32.5 Å². The monoisotopic (exact) mass is 507 g/mol. The lowest BCUT2D eigenvalue weighted by molar-refractivity contribution is -0.384. The van der Waals surface area contributed by atoms with Crippen LogP contribution in [-0.4, -0.2) is 21.1 Å². The van der Waals surface area contributed by atoms with Crippen LogP contribution >= 0.6 is 23.1 Å². The van der Waals surface area contributed by atoms with Crippen LogP contribution in [-0.2, 0) is 12.8 Å². The lowest BCUT2D eigenvalue weighted by Gasteiger charge is -2.33. The second kappa shape index (κ2) is 9.76. The molecule has 1 aliphatic carbocycles. The third-order valence-electron chi connectivity index (χ3n) is 6.16. The van der Waals surface area contributed by atoms with Gasteiger partial charge >= 0.3 is 0 Å². The van der Waals surface area contributed by atoms with Crippen LogP contribution in [0.1, 0.15) is 54.5 Å². The molecule has 0 radical (unpaired) electrons. The summed E-state index contributed by atoms with van der Waals surface area (Å²) in [5, 5.41) is 22.2. The van der Waals surface area contributed by atoms with Crippen LogP contribution in [0.5, 0.6) is 0 Å². The van der Waals surface area contributed by atoms with Gasteiger partial charge in [0.05, 0.1) is 10.5 Å². The number of rotatable bonds is 5. The molecule has 0 unspecified atom stereocenters. The molecule has 1 N–H and O–H groups in total. The van der Waals surface area contributed by atoms with E-state index < -0.39 is 4.92 Å². The van der Waals surface area contributed by atoms with E-state index in [4.69, 9.17) is 0 Å². The predicted molar refractivity (Wildman–Crippen MR) is 138 cm³/mol. The summed E-state index contributed by atoms with van der Waals surface area (Å²) in [7, 11) is 0. The molecule has 1 aliphatic rings. The van der Waals surface area contributed by atoms with Crippen molar-refractivity contribution < 1.29 is 4.92 Å². The number of non-ortho nitro benzene ring substituents is 1. The van der Waals surface area contributed by atoms with Gasteiger partial charge in [-0.15, -0.1) is 11.3 Å². The molecule has 0 bridgehead atoms. The lowest BCUT2D eigenvalue weighted by Crippen LogP contribution is -2.26. The van der Waals surface area contributed by atoms with Gasteiger partial charge in [-0.3, -0.25) is 14.9 Å². The quantitative estimate of drug-likeness (QED) is 0.196. The number of nitriles is 1. The van der Waals surface area contributed by atoms with Crippen LogP contribution < -0.4 is 5.56 Å². The molecule has 0 fully saturated rings. The van der Waals surface area contributed by atoms with Crippen LogP contribution in [0.15, 0.2) is 44.1 Å². The summed E-state index contributed by atoms with van der Waals surface area (Å²) in [4.78, 5) is 36.2. The van der Waals surface area contributed by atoms with Gasteiger partial charge in [0.1, 0.15) is 11.1 Å². The fourth-order valence-electron chi connectivity index (χ4n) is 4.19. The van der Waals surface area contributed by atoms with Crippen molar-refractivity contribution in [2.24, 2.45) is 16.3 Å². The molecule has 3 aromatic rings. The van der Waals surface area contributed by atoms with Crippen molar-refractivity contribution >= 4 is 40.0 Å². The van der Waals surface area contributed by atoms with Crippen molar-refractivity contribution in [3.05, 3.63) is 72.0 Å². The average molecular weight is 508 g/mol. The molecule has 0 spiro atoms. The summed E-state index contributed by atoms with van der Waals surface area (Å²) < 4.78 is 0. The van der Waals surface area contributed by atoms with Crippen molar-refractivity contribution in [1.29, 1.82) is 5.26 Å². The van der Waals surface area contributed by atoms with Crippen LogP contribution in [0.2, 0.25) is 0 Å². The van der Waals surface area contributed by atoms with Gasteiger partial charge in [0.25, 0.3) is 11.2 Å². The number of thiophene rings is 1. The Morgan fingerprint density at radius 2 is 2.14 bits per heavy atom. The third kappa shape index (κ3) is 5.52. The van der Waals surface area contributed by atoms with Gasteiger partial charge in [-0.05, 0) is 49.1 Å². The highest BCUT2D eigenvalue weighted by atomic mass is 32.2. The fourth-order valence-corrected chi connectivity index (χ4v) is 6.33. The molecule has 0 amide bonds. The molecule has 180 valence electrons. The number of aromatic nitrogens is 2. The minimum absolute atomic E-state index is 0.0690. The molecule has 8 nitrogen and oxygen atoms in total. The van der Waals surface area contributed by atoms with E-state index in [1.165, 1.54) is 46.2 Å². The smallest absolute Gasteiger partial charge is 0.270 e. The minimum Gasteiger partial charge on any atom is -0.301 e. The first-order valence-corrected chi connectivity index (χ1v) is 12.8. The molecule has 1 aromatic carbocycles. The second-order valence-corrected chi connectivity index (χ2v) is 11.7. The molecule has 1 atom stereocenters. The largest absolute Gasteiger partial charge is 0.301 e. The van der Waals surface area contributed by atoms with E-state index in [0.29, 0.717) is 37.8 Å². The van der Waals surface area contributed by atoms with Crippen LogP contribution in [0, 0.1) is 39.7 Å². The fraction of sp³-hybridized carbons (Fsp3) is 0.360. The first-order chi connectivity index (χ1) is 16.5. The number of nitrogens with zero attached hydrogens (tertiary/aromatic N) is 4. The Balaban J connectivity index is 1.71. The summed E-state index contributed by atoms with van der Waals surface area (Å²) in [5.74, 6) is 0.542. The van der Waals surface area contributed by atoms with Crippen molar-refractivity contribution in [3.8, 4) is 6.07 Å². The van der Waals surface area contributed by atoms with E-state index in [1.54, 1.807) is 19.2 Å². The highest BCUT2D eigenvalue weighted by molar-refractivity contribution is 7.99. The summed E-state index contributed by atoms with van der Waals surface area (Å²) in [5.41, 5.74) is 2.62. The highest BCUT2D eigenvalue weighted by Gasteiger charge is 2.32. The van der Waals surface area contributed by atoms with E-state index in [0.717, 1.165) is 24.8 Å². The van der Waals surface area contributed by atoms with Crippen molar-refractivity contribution in [2.45, 2.75) is 57.0 Å². The lowest BCUT2D eigenvalue weighted by atomic mass is 9.72. The zero-order chi connectivity index (χ0) is 25.3. The Bertz CT molecular complexity index is 1430. The van der Waals surface area contributed by atoms with E-state index in [9.17, 15) is 20.2 Å². The van der Waals surface area contributed by atoms with E-state index in [1.807, 2.05) is 0 Å². The number of H-pyrrole nitrogens is 1. The Labute approximate surface area is 211 Å². The number of benzene rings is 1. The molecule has 0 saturated heterocycles. The second-order valence-electron chi connectivity index (χ2n) is 9.63. The Morgan fingerprint density at radius 1 is 1.37 bits per heavy atom. The molecule has 0 saturated carbocycles. The topological polar surface area (TPSA) is 125 Å². The number of nitro groups is 1. The van der Waals surface area contributed by atoms with Crippen LogP contribution in [0.4, 0.5) is 10.7 Å². The molecular weight excluding hydrogens is 482 g/mol. The maximum absolute atomic E-state index is 11.8. The Kier molecular flexibility index (Phi) is 6.92. The summed E-state index contributed by atoms with van der Waals surface area (Å²) >= 11 is 2.73. The van der Waals surface area contributed by atoms with Gasteiger partial charge in [-0.2, -0.15) is 5.26 Å². The van der Waals surface area contributed by atoms with Gasteiger partial charge in [-0.25, -0.2) is 9.98 Å². The summed E-state index contributed by atoms with van der Waals surface area (Å²) in [6, 6.07) is 8.18. The van der Waals surface area contributed by atoms with Gasteiger partial charge in [0, 0.05) is 45.4 Å². The number of nitrogens with one attached hydrogen (secondary N) is 1. The van der Waals surface area contributed by atoms with Crippen LogP contribution in [0.25, 0.3) is 0 Å². The van der Waals surface area contributed by atoms with Gasteiger partial charge in [0.15, 0.2) is 5.16 Å². The molecule has 2 heterocycles. The normalized spacial score (nSPS) is 15.7. The number of aryl methyl sites for hydroxylation is 1. The highest BCUT2D eigenvalue weighted by Crippen LogP contribution is 2.45. The number of nitro benzene ring substituents is 1. The standard InChI is InChI=1S/C25H25N5O3S2/c1-14-9-22(31)29-24(28-14)35-20-8-6-17(30(32)33)10-15(20)13-27-23-19(12-26)18-7-5-16(25(2,3)4)11-21(18)34-23/h6,8-10,13,16H,5,7,11H2,1-4H3,(H,28,29,31)/t16-/m1/s1. The SMILES string of the molecule is Cc1cc(=O)[nH]c(Sc2ccc([N+](=O)[O-])cc2C=Nc2sc3c(c2C#N)CC[C@@H](C(C)(C)C)C3)n1. The van der Waals surface area contributed by atoms with Gasteiger partial charge in [0.2, 0.25) is 0 Å². The third-order valence-corrected chi connectivity index (χ3v) is 8.30. The molecule has 4 rings (SSSR count). The summed E-state index contributed by atoms with van der Waals surface area (Å²) in [6.45, 7) is 8.47. The Hall–Kier alpha value is -3.29. The van der Waals surface area contributed by atoms with Gasteiger partial charge < -0.3 is 4.98 Å². The molecule has 0 aliphatic heterocycles. The van der Waals surface area contributed by atoms with E-state index >= 15 is 0 Å². The predicted octanol–water partition coefficient (Wildman–Crippen LogP) is 5.97. The molecule has 2 aromatic heterocycles. The maximum atomic E-state index is 11.8. The van der Waals surface area contributed by atoms with Crippen LogP contribution in [0.3, 0.4) is 0 Å². The molecule has 35 heavy (non-hydrogen) atoms. The zero-order valence-electron chi connectivity index (χ0n) is 19.9. The van der Waals surface area contributed by atoms with E-state index in [-0.39, 0.29) is 16.7 Å². The molecular formula is C25H25N5O3S2. The van der Waals surface area contributed by atoms with E-state index in [2.05, 4.69) is 41.8 Å². The molecule has 10 heteroatoms. The number of hydrogen-bond donors (Lipinski definition) is 1.